The lowest BCUT2D eigenvalue weighted by Crippen LogP contribution is -2.34. The molecule has 1 aromatic carbocycles. The second kappa shape index (κ2) is 8.18. The van der Waals surface area contributed by atoms with Crippen molar-refractivity contribution in [2.75, 3.05) is 20.2 Å². The van der Waals surface area contributed by atoms with Crippen LogP contribution in [0.5, 0.6) is 17.4 Å². The Hall–Kier alpha value is -2.93. The number of para-hydroxylation sites is 2. The first kappa shape index (κ1) is 17.5. The van der Waals surface area contributed by atoms with Crippen LogP contribution in [-0.2, 0) is 6.54 Å². The Balaban J connectivity index is 1.53. The van der Waals surface area contributed by atoms with Crippen molar-refractivity contribution < 1.29 is 9.47 Å². The van der Waals surface area contributed by atoms with E-state index in [0.717, 1.165) is 43.9 Å². The zero-order valence-electron chi connectivity index (χ0n) is 15.3. The normalized spacial score (nSPS) is 17.6. The summed E-state index contributed by atoms with van der Waals surface area (Å²) in [6, 6.07) is 7.58. The number of H-pyrrole nitrogens is 1. The molecule has 3 heterocycles. The topological polar surface area (TPSA) is 76.2 Å². The molecule has 0 saturated carbocycles. The molecule has 4 rings (SSSR count). The van der Waals surface area contributed by atoms with Gasteiger partial charge in [0.25, 0.3) is 0 Å². The van der Waals surface area contributed by atoms with E-state index in [2.05, 4.69) is 24.8 Å². The first-order valence-electron chi connectivity index (χ1n) is 9.15. The van der Waals surface area contributed by atoms with Crippen molar-refractivity contribution in [3.05, 3.63) is 60.6 Å². The highest BCUT2D eigenvalue weighted by atomic mass is 16.5. The molecule has 0 aliphatic carbocycles. The molecule has 140 valence electrons. The summed E-state index contributed by atoms with van der Waals surface area (Å²) in [5.74, 6) is 2.15. The van der Waals surface area contributed by atoms with E-state index in [4.69, 9.17) is 9.47 Å². The molecule has 27 heavy (non-hydrogen) atoms. The van der Waals surface area contributed by atoms with Gasteiger partial charge in [-0.2, -0.15) is 0 Å². The van der Waals surface area contributed by atoms with Gasteiger partial charge in [0, 0.05) is 43.3 Å². The Morgan fingerprint density at radius 3 is 2.85 bits per heavy atom. The highest BCUT2D eigenvalue weighted by molar-refractivity contribution is 5.42. The van der Waals surface area contributed by atoms with E-state index in [1.165, 1.54) is 0 Å². The minimum atomic E-state index is 0.278. The number of hydrogen-bond acceptors (Lipinski definition) is 6. The van der Waals surface area contributed by atoms with Gasteiger partial charge in [-0.25, -0.2) is 9.97 Å². The molecule has 0 radical (unpaired) electrons. The van der Waals surface area contributed by atoms with Gasteiger partial charge in [-0.3, -0.25) is 9.88 Å². The van der Waals surface area contributed by atoms with Crippen molar-refractivity contribution in [3.8, 4) is 17.4 Å². The van der Waals surface area contributed by atoms with E-state index in [9.17, 15) is 0 Å². The molecule has 3 aromatic rings. The van der Waals surface area contributed by atoms with Gasteiger partial charge < -0.3 is 14.5 Å². The number of nitrogens with one attached hydrogen (secondary N) is 1. The molecule has 7 nitrogen and oxygen atoms in total. The molecule has 1 N–H and O–H groups in total. The Morgan fingerprint density at radius 1 is 1.19 bits per heavy atom. The van der Waals surface area contributed by atoms with Crippen molar-refractivity contribution in [2.24, 2.45) is 0 Å². The maximum absolute atomic E-state index is 6.09. The van der Waals surface area contributed by atoms with Crippen molar-refractivity contribution >= 4 is 0 Å². The molecule has 1 fully saturated rings. The van der Waals surface area contributed by atoms with Crippen molar-refractivity contribution in [1.29, 1.82) is 0 Å². The highest BCUT2D eigenvalue weighted by Gasteiger charge is 2.26. The molecule has 0 amide bonds. The van der Waals surface area contributed by atoms with E-state index in [1.54, 1.807) is 25.8 Å². The number of ether oxygens (including phenoxy) is 2. The summed E-state index contributed by atoms with van der Waals surface area (Å²) < 4.78 is 11.5. The lowest BCUT2D eigenvalue weighted by Gasteiger charge is -2.32. The average molecular weight is 365 g/mol. The monoisotopic (exact) mass is 365 g/mol. The van der Waals surface area contributed by atoms with Crippen LogP contribution >= 0.6 is 0 Å². The fraction of sp³-hybridized carbons (Fsp3) is 0.350. The van der Waals surface area contributed by atoms with Gasteiger partial charge in [-0.05, 0) is 31.5 Å². The predicted molar refractivity (Wildman–Crippen MR) is 101 cm³/mol. The SMILES string of the molecule is COc1ccccc1Oc1nccnc1[C@@H]1CCCN(Cc2cnc[nH]2)C1. The van der Waals surface area contributed by atoms with E-state index < -0.39 is 0 Å². The number of rotatable bonds is 6. The predicted octanol–water partition coefficient (Wildman–Crippen LogP) is 3.38. The molecule has 2 aromatic heterocycles. The molecule has 7 heteroatoms. The maximum atomic E-state index is 6.09. The number of imidazole rings is 1. The van der Waals surface area contributed by atoms with Crippen LogP contribution in [0, 0.1) is 0 Å². The number of piperidine rings is 1. The molecule has 1 atom stereocenters. The lowest BCUT2D eigenvalue weighted by molar-refractivity contribution is 0.194. The van der Waals surface area contributed by atoms with Crippen LogP contribution in [0.2, 0.25) is 0 Å². The number of hydrogen-bond donors (Lipinski definition) is 1. The number of nitrogens with zero attached hydrogens (tertiary/aromatic N) is 4. The third kappa shape index (κ3) is 4.09. The second-order valence-electron chi connectivity index (χ2n) is 6.65. The number of benzene rings is 1. The average Bonchev–Trinajstić information content (AvgIpc) is 3.22. The first-order chi connectivity index (χ1) is 13.3. The van der Waals surface area contributed by atoms with Gasteiger partial charge in [0.05, 0.1) is 13.4 Å². The molecule has 0 spiro atoms. The molecular formula is C20H23N5O2. The summed E-state index contributed by atoms with van der Waals surface area (Å²) in [5, 5.41) is 0. The van der Waals surface area contributed by atoms with Gasteiger partial charge in [-0.1, -0.05) is 12.1 Å². The molecule has 1 aliphatic heterocycles. The Labute approximate surface area is 158 Å². The number of aromatic nitrogens is 4. The summed E-state index contributed by atoms with van der Waals surface area (Å²) in [4.78, 5) is 18.8. The zero-order valence-corrected chi connectivity index (χ0v) is 15.3. The van der Waals surface area contributed by atoms with Crippen LogP contribution in [0.4, 0.5) is 0 Å². The molecule has 0 unspecified atom stereocenters. The smallest absolute Gasteiger partial charge is 0.241 e. The maximum Gasteiger partial charge on any atom is 0.241 e. The number of methoxy groups -OCH3 is 1. The molecule has 1 saturated heterocycles. The van der Waals surface area contributed by atoms with Crippen LogP contribution in [0.1, 0.15) is 30.1 Å². The van der Waals surface area contributed by atoms with Gasteiger partial charge in [-0.15, -0.1) is 0 Å². The molecule has 1 aliphatic rings. The van der Waals surface area contributed by atoms with Crippen molar-refractivity contribution in [3.63, 3.8) is 0 Å². The molecular weight excluding hydrogens is 342 g/mol. The largest absolute Gasteiger partial charge is 0.493 e. The van der Waals surface area contributed by atoms with Crippen molar-refractivity contribution in [1.82, 2.24) is 24.8 Å². The van der Waals surface area contributed by atoms with Crippen LogP contribution in [0.25, 0.3) is 0 Å². The Morgan fingerprint density at radius 2 is 2.04 bits per heavy atom. The van der Waals surface area contributed by atoms with E-state index in [0.29, 0.717) is 17.4 Å². The van der Waals surface area contributed by atoms with E-state index in [-0.39, 0.29) is 5.92 Å². The van der Waals surface area contributed by atoms with Crippen LogP contribution in [0.3, 0.4) is 0 Å². The van der Waals surface area contributed by atoms with Crippen molar-refractivity contribution in [2.45, 2.75) is 25.3 Å². The molecule has 0 bridgehead atoms. The summed E-state index contributed by atoms with van der Waals surface area (Å²) in [6.45, 7) is 2.85. The van der Waals surface area contributed by atoms with Gasteiger partial charge in [0.15, 0.2) is 11.5 Å². The first-order valence-corrected chi connectivity index (χ1v) is 9.15. The highest BCUT2D eigenvalue weighted by Crippen LogP contribution is 2.35. The Kier molecular flexibility index (Phi) is 5.29. The fourth-order valence-electron chi connectivity index (χ4n) is 3.54. The summed E-state index contributed by atoms with van der Waals surface area (Å²) in [7, 11) is 1.63. The van der Waals surface area contributed by atoms with Crippen LogP contribution in [0.15, 0.2) is 49.2 Å². The van der Waals surface area contributed by atoms with Crippen LogP contribution < -0.4 is 9.47 Å². The standard InChI is InChI=1S/C20H23N5O2/c1-26-17-6-2-3-7-18(17)27-20-19(22-8-9-23-20)15-5-4-10-25(12-15)13-16-11-21-14-24-16/h2-3,6-9,11,14-15H,4-5,10,12-13H2,1H3,(H,21,24)/t15-/m1/s1. The van der Waals surface area contributed by atoms with Gasteiger partial charge in [0.1, 0.15) is 5.69 Å². The number of likely N-dealkylation sites (tertiary alicyclic amines) is 1. The van der Waals surface area contributed by atoms with Crippen LogP contribution in [-0.4, -0.2) is 45.0 Å². The third-order valence-electron chi connectivity index (χ3n) is 4.81. The summed E-state index contributed by atoms with van der Waals surface area (Å²) >= 11 is 0. The zero-order chi connectivity index (χ0) is 18.5. The minimum absolute atomic E-state index is 0.278. The summed E-state index contributed by atoms with van der Waals surface area (Å²) in [6.07, 6.45) is 9.18. The summed E-state index contributed by atoms with van der Waals surface area (Å²) in [5.41, 5.74) is 2.03. The van der Waals surface area contributed by atoms with E-state index >= 15 is 0 Å². The van der Waals surface area contributed by atoms with Gasteiger partial charge in [0.2, 0.25) is 5.88 Å². The lowest BCUT2D eigenvalue weighted by atomic mass is 9.94. The second-order valence-corrected chi connectivity index (χ2v) is 6.65. The minimum Gasteiger partial charge on any atom is -0.493 e. The number of aromatic amines is 1. The fourth-order valence-corrected chi connectivity index (χ4v) is 3.54. The third-order valence-corrected chi connectivity index (χ3v) is 4.81. The quantitative estimate of drug-likeness (QED) is 0.722. The Bertz CT molecular complexity index is 868. The van der Waals surface area contributed by atoms with Gasteiger partial charge >= 0.3 is 0 Å². The van der Waals surface area contributed by atoms with E-state index in [1.807, 2.05) is 30.5 Å².